The molecule has 41 heavy (non-hydrogen) atoms. The van der Waals surface area contributed by atoms with Gasteiger partial charge in [0.05, 0.1) is 0 Å². The molecule has 0 aromatic rings. The van der Waals surface area contributed by atoms with Gasteiger partial charge in [-0.25, -0.2) is 0 Å². The van der Waals surface area contributed by atoms with E-state index >= 15 is 0 Å². The van der Waals surface area contributed by atoms with Crippen LogP contribution in [0.4, 0.5) is 0 Å². The Morgan fingerprint density at radius 1 is 0.268 bits per heavy atom. The van der Waals surface area contributed by atoms with E-state index in [9.17, 15) is 0 Å². The van der Waals surface area contributed by atoms with Crippen LogP contribution >= 0.6 is 0 Å². The van der Waals surface area contributed by atoms with Crippen LogP contribution in [0.15, 0.2) is 0 Å². The third-order valence-electron chi connectivity index (χ3n) is 8.00. The summed E-state index contributed by atoms with van der Waals surface area (Å²) in [5, 5.41) is 0. The summed E-state index contributed by atoms with van der Waals surface area (Å²) in [6, 6.07) is 0. The van der Waals surface area contributed by atoms with Crippen LogP contribution in [0, 0.1) is 0 Å². The van der Waals surface area contributed by atoms with Crippen molar-refractivity contribution >= 4 is 46.4 Å². The Morgan fingerprint density at radius 3 is 0.512 bits per heavy atom. The molecule has 0 rings (SSSR count). The van der Waals surface area contributed by atoms with Crippen LogP contribution in [0.25, 0.3) is 0 Å². The molecule has 0 aliphatic heterocycles. The molecule has 0 aliphatic rings. The van der Waals surface area contributed by atoms with Gasteiger partial charge in [-0.05, 0) is 0 Å². The minimum absolute atomic E-state index is 0.230. The van der Waals surface area contributed by atoms with Crippen molar-refractivity contribution < 1.29 is 0 Å². The summed E-state index contributed by atoms with van der Waals surface area (Å²) in [6.45, 7) is 4.58. The van der Waals surface area contributed by atoms with E-state index in [2.05, 4.69) is 23.7 Å². The van der Waals surface area contributed by atoms with E-state index in [1.807, 2.05) is 0 Å². The normalized spacial score (nSPS) is 10.5. The molecule has 0 aromatic carbocycles. The molecule has 0 radical (unpaired) electrons. The first-order chi connectivity index (χ1) is 20.2. The zero-order valence-corrected chi connectivity index (χ0v) is 33.8. The number of hydrogen-bond donors (Lipinski definition) is 0. The van der Waals surface area contributed by atoms with Crippen molar-refractivity contribution in [1.29, 1.82) is 0 Å². The van der Waals surface area contributed by atoms with Crippen LogP contribution in [0.1, 0.15) is 219 Å². The Morgan fingerprint density at radius 2 is 0.390 bits per heavy atom. The second-order valence-electron chi connectivity index (χ2n) is 12.5. The standard InChI is InChI=1S/2C18H38S.2CH3.Sn/c2*1-2-3-4-5-6-7-8-9-10-11-12-13-14-15-16-17-18-19;;;/h2*19H,2-18H2,1H3;2*1H3;/q;;;;+2/p-2. The van der Waals surface area contributed by atoms with E-state index in [1.54, 1.807) is 0 Å². The Labute approximate surface area is 285 Å². The Hall–Kier alpha value is 1.50. The van der Waals surface area contributed by atoms with Gasteiger partial charge in [0.1, 0.15) is 0 Å². The minimum atomic E-state index is 0.230. The predicted molar refractivity (Wildman–Crippen MR) is 201 cm³/mol. The molecule has 0 aromatic heterocycles. The summed E-state index contributed by atoms with van der Waals surface area (Å²) >= 11 is 10.1. The van der Waals surface area contributed by atoms with Gasteiger partial charge in [0.25, 0.3) is 0 Å². The molecule has 0 aliphatic carbocycles. The number of hydrogen-bond acceptors (Lipinski definition) is 2. The maximum absolute atomic E-state index is 4.95. The average Bonchev–Trinajstić information content (AvgIpc) is 2.98. The van der Waals surface area contributed by atoms with Crippen LogP contribution in [-0.2, 0) is 25.3 Å². The van der Waals surface area contributed by atoms with Crippen molar-refractivity contribution in [2.24, 2.45) is 0 Å². The van der Waals surface area contributed by atoms with E-state index < -0.39 is 0 Å². The summed E-state index contributed by atoms with van der Waals surface area (Å²) in [4.78, 5) is 4.59. The third-order valence-corrected chi connectivity index (χ3v) is 8.57. The fourth-order valence-electron chi connectivity index (χ4n) is 5.30. The molecule has 0 fully saturated rings. The summed E-state index contributed by atoms with van der Waals surface area (Å²) in [5.41, 5.74) is 0. The molecule has 0 bridgehead atoms. The van der Waals surface area contributed by atoms with Gasteiger partial charge >= 0.3 is 31.0 Å². The maximum atomic E-state index is 4.95. The summed E-state index contributed by atoms with van der Waals surface area (Å²) in [6.07, 6.45) is 45.9. The monoisotopic (exact) mass is 720 g/mol. The van der Waals surface area contributed by atoms with E-state index in [0.29, 0.717) is 0 Å². The first kappa shape index (κ1) is 46.9. The van der Waals surface area contributed by atoms with E-state index in [0.717, 1.165) is 11.5 Å². The van der Waals surface area contributed by atoms with Crippen molar-refractivity contribution in [3.63, 3.8) is 0 Å². The van der Waals surface area contributed by atoms with Crippen molar-refractivity contribution in [2.45, 2.75) is 229 Å². The molecule has 0 amide bonds. The summed E-state index contributed by atoms with van der Waals surface area (Å²) < 4.78 is 0. The molecule has 0 saturated carbocycles. The quantitative estimate of drug-likeness (QED) is 0.0386. The van der Waals surface area contributed by atoms with Crippen LogP contribution in [0.5, 0.6) is 0 Å². The van der Waals surface area contributed by atoms with Crippen molar-refractivity contribution in [3.05, 3.63) is 0 Å². The van der Waals surface area contributed by atoms with Gasteiger partial charge < -0.3 is 25.3 Å². The number of rotatable bonds is 32. The Kier molecular flexibility index (Phi) is 58.5. The van der Waals surface area contributed by atoms with Crippen molar-refractivity contribution in [2.75, 3.05) is 11.5 Å². The zero-order chi connectivity index (χ0) is 30.7. The van der Waals surface area contributed by atoms with Gasteiger partial charge in [0, 0.05) is 0 Å². The summed E-state index contributed by atoms with van der Waals surface area (Å²) in [7, 11) is 0. The first-order valence-corrected chi connectivity index (χ1v) is 25.9. The molecule has 3 heteroatoms. The molecule has 0 unspecified atom stereocenters. The van der Waals surface area contributed by atoms with Crippen LogP contribution < -0.4 is 0 Å². The van der Waals surface area contributed by atoms with E-state index in [1.165, 1.54) is 205 Å². The molecular weight excluding hydrogens is 639 g/mol. The van der Waals surface area contributed by atoms with Crippen LogP contribution in [-0.4, -0.2) is 32.6 Å². The third kappa shape index (κ3) is 57.7. The Bertz CT molecular complexity index is 311. The van der Waals surface area contributed by atoms with Gasteiger partial charge in [0.2, 0.25) is 0 Å². The predicted octanol–water partition coefficient (Wildman–Crippen LogP) is 14.4. The molecule has 0 nitrogen and oxygen atoms in total. The Balaban J connectivity index is -0.000000642. The molecule has 0 atom stereocenters. The van der Waals surface area contributed by atoms with Gasteiger partial charge in [0.15, 0.2) is 0 Å². The van der Waals surface area contributed by atoms with Gasteiger partial charge in [-0.3, -0.25) is 0 Å². The summed E-state index contributed by atoms with van der Waals surface area (Å²) in [5.74, 6) is 1.91. The fourth-order valence-corrected chi connectivity index (χ4v) is 5.71. The first-order valence-electron chi connectivity index (χ1n) is 19.0. The molecule has 0 saturated heterocycles. The molecular formula is C38H80S2Sn. The second-order valence-corrected chi connectivity index (χ2v) is 16.2. The topological polar surface area (TPSA) is 0 Å². The fraction of sp³-hybridized carbons (Fsp3) is 1.00. The zero-order valence-electron chi connectivity index (χ0n) is 29.4. The average molecular weight is 720 g/mol. The number of unbranched alkanes of at least 4 members (excludes halogenated alkanes) is 30. The molecule has 0 heterocycles. The van der Waals surface area contributed by atoms with E-state index in [-0.39, 0.29) is 21.1 Å². The van der Waals surface area contributed by atoms with Crippen molar-refractivity contribution in [3.8, 4) is 0 Å². The molecule has 0 N–H and O–H groups in total. The van der Waals surface area contributed by atoms with Gasteiger partial charge in [-0.15, -0.1) is 0 Å². The van der Waals surface area contributed by atoms with Crippen LogP contribution in [0.2, 0.25) is 9.88 Å². The second kappa shape index (κ2) is 51.1. The van der Waals surface area contributed by atoms with Crippen molar-refractivity contribution in [1.82, 2.24) is 0 Å². The van der Waals surface area contributed by atoms with Gasteiger partial charge in [-0.1, -0.05) is 219 Å². The molecule has 0 spiro atoms. The van der Waals surface area contributed by atoms with E-state index in [4.69, 9.17) is 25.3 Å². The van der Waals surface area contributed by atoms with Crippen LogP contribution in [0.3, 0.4) is 0 Å². The van der Waals surface area contributed by atoms with Gasteiger partial charge in [-0.2, -0.15) is 11.5 Å². The SMILES string of the molecule is CCCCCCCCCCCCCCCCCC[S-].CCCCCCCCCCCCCCCCCC[S-].[CH3][Sn+2][CH3]. The molecule has 248 valence electrons.